The summed E-state index contributed by atoms with van der Waals surface area (Å²) < 4.78 is 42.9. The first kappa shape index (κ1) is 19.4. The van der Waals surface area contributed by atoms with Gasteiger partial charge in [-0.15, -0.1) is 0 Å². The molecule has 0 bridgehead atoms. The van der Waals surface area contributed by atoms with E-state index in [0.717, 1.165) is 18.2 Å². The third-order valence-electron chi connectivity index (χ3n) is 4.12. The summed E-state index contributed by atoms with van der Waals surface area (Å²) in [6.07, 6.45) is 0. The smallest absolute Gasteiger partial charge is 0.325 e. The summed E-state index contributed by atoms with van der Waals surface area (Å²) in [5.41, 5.74) is 5.68. The number of halogens is 3. The van der Waals surface area contributed by atoms with E-state index in [4.69, 9.17) is 5.73 Å². The summed E-state index contributed by atoms with van der Waals surface area (Å²) in [6, 6.07) is 8.95. The number of amides is 2. The molecule has 3 rings (SSSR count). The molecule has 28 heavy (non-hydrogen) atoms. The van der Waals surface area contributed by atoms with E-state index in [2.05, 4.69) is 4.98 Å². The van der Waals surface area contributed by atoms with Crippen LogP contribution in [-0.4, -0.2) is 16.1 Å². The van der Waals surface area contributed by atoms with Gasteiger partial charge in [-0.3, -0.25) is 0 Å². The molecule has 0 spiro atoms. The Kier molecular flexibility index (Phi) is 5.32. The Morgan fingerprint density at radius 1 is 1.07 bits per heavy atom. The first-order valence-electron chi connectivity index (χ1n) is 8.24. The Morgan fingerprint density at radius 2 is 1.75 bits per heavy atom. The van der Waals surface area contributed by atoms with Gasteiger partial charge in [-0.05, 0) is 42.8 Å². The van der Waals surface area contributed by atoms with Crippen molar-refractivity contribution in [3.63, 3.8) is 0 Å². The van der Waals surface area contributed by atoms with Gasteiger partial charge in [0.1, 0.15) is 29.0 Å². The van der Waals surface area contributed by atoms with Crippen LogP contribution in [-0.2, 0) is 6.61 Å². The monoisotopic (exact) mass is 387 g/mol. The van der Waals surface area contributed by atoms with Crippen molar-refractivity contribution in [2.24, 2.45) is 5.73 Å². The number of urea groups is 1. The largest absolute Gasteiger partial charge is 0.392 e. The average Bonchev–Trinajstić information content (AvgIpc) is 2.64. The number of aliphatic hydroxyl groups is 1. The second-order valence-corrected chi connectivity index (χ2v) is 6.06. The number of hydrogen-bond donors (Lipinski definition) is 2. The summed E-state index contributed by atoms with van der Waals surface area (Å²) in [7, 11) is 0. The van der Waals surface area contributed by atoms with Crippen molar-refractivity contribution < 1.29 is 23.1 Å². The average molecular weight is 387 g/mol. The van der Waals surface area contributed by atoms with Crippen LogP contribution < -0.4 is 10.6 Å². The van der Waals surface area contributed by atoms with Crippen LogP contribution in [0.15, 0.2) is 48.5 Å². The molecule has 3 aromatic rings. The number of para-hydroxylation sites is 1. The lowest BCUT2D eigenvalue weighted by Crippen LogP contribution is -2.33. The summed E-state index contributed by atoms with van der Waals surface area (Å²) in [6.45, 7) is 1.25. The highest BCUT2D eigenvalue weighted by atomic mass is 19.1. The highest BCUT2D eigenvalue weighted by Gasteiger charge is 2.25. The van der Waals surface area contributed by atoms with Crippen LogP contribution in [0, 0.1) is 24.4 Å². The number of carbonyl (C=O) groups excluding carboxylic acids is 1. The molecule has 2 aromatic carbocycles. The number of pyridine rings is 1. The van der Waals surface area contributed by atoms with E-state index < -0.39 is 35.8 Å². The van der Waals surface area contributed by atoms with Crippen molar-refractivity contribution in [3.8, 4) is 11.3 Å². The zero-order chi connectivity index (χ0) is 20.4. The van der Waals surface area contributed by atoms with Crippen LogP contribution in [0.25, 0.3) is 11.3 Å². The van der Waals surface area contributed by atoms with Gasteiger partial charge in [0, 0.05) is 11.1 Å². The summed E-state index contributed by atoms with van der Waals surface area (Å²) in [5.74, 6) is -2.85. The fourth-order valence-corrected chi connectivity index (χ4v) is 2.82. The van der Waals surface area contributed by atoms with E-state index in [1.807, 2.05) is 0 Å². The van der Waals surface area contributed by atoms with Crippen molar-refractivity contribution >= 4 is 17.5 Å². The SMILES string of the molecule is Cc1ccc(-c2nc(N(C(N)=O)c3c(F)cccc3F)ccc2CO)c(F)c1. The van der Waals surface area contributed by atoms with Gasteiger partial charge >= 0.3 is 6.03 Å². The molecule has 0 aliphatic carbocycles. The topological polar surface area (TPSA) is 79.5 Å². The second kappa shape index (κ2) is 7.69. The number of rotatable bonds is 4. The standard InChI is InChI=1S/C20H16F3N3O2/c1-11-5-7-13(16(23)9-11)18-12(10-27)6-8-17(25-18)26(20(24)28)19-14(21)3-2-4-15(19)22/h2-9,27H,10H2,1H3,(H2,24,28). The zero-order valence-electron chi connectivity index (χ0n) is 14.8. The molecule has 0 saturated heterocycles. The third kappa shape index (κ3) is 3.54. The second-order valence-electron chi connectivity index (χ2n) is 6.06. The number of nitrogens with zero attached hydrogens (tertiary/aromatic N) is 2. The first-order chi connectivity index (χ1) is 13.3. The molecule has 0 unspecified atom stereocenters. The molecular formula is C20H16F3N3O2. The maximum atomic E-state index is 14.4. The van der Waals surface area contributed by atoms with Gasteiger partial charge < -0.3 is 10.8 Å². The molecule has 0 aliphatic rings. The lowest BCUT2D eigenvalue weighted by Gasteiger charge is -2.22. The number of primary amides is 1. The van der Waals surface area contributed by atoms with Gasteiger partial charge in [0.05, 0.1) is 12.3 Å². The van der Waals surface area contributed by atoms with E-state index in [-0.39, 0.29) is 22.6 Å². The van der Waals surface area contributed by atoms with E-state index >= 15 is 0 Å². The maximum Gasteiger partial charge on any atom is 0.325 e. The third-order valence-corrected chi connectivity index (χ3v) is 4.12. The Balaban J connectivity index is 2.23. The quantitative estimate of drug-likeness (QED) is 0.705. The molecule has 8 heteroatoms. The molecule has 1 aromatic heterocycles. The number of carbonyl (C=O) groups is 1. The number of aryl methyl sites for hydroxylation is 1. The summed E-state index contributed by atoms with van der Waals surface area (Å²) in [4.78, 5) is 16.7. The van der Waals surface area contributed by atoms with Gasteiger partial charge in [0.15, 0.2) is 0 Å². The van der Waals surface area contributed by atoms with Crippen molar-refractivity contribution in [2.45, 2.75) is 13.5 Å². The molecule has 0 radical (unpaired) electrons. The fourth-order valence-electron chi connectivity index (χ4n) is 2.82. The van der Waals surface area contributed by atoms with E-state index in [1.54, 1.807) is 13.0 Å². The molecule has 0 fully saturated rings. The van der Waals surface area contributed by atoms with E-state index in [9.17, 15) is 23.1 Å². The lowest BCUT2D eigenvalue weighted by molar-refractivity contribution is 0.255. The molecule has 3 N–H and O–H groups in total. The molecule has 0 aliphatic heterocycles. The minimum Gasteiger partial charge on any atom is -0.392 e. The highest BCUT2D eigenvalue weighted by molar-refractivity contribution is 5.98. The van der Waals surface area contributed by atoms with Gasteiger partial charge in [-0.2, -0.15) is 0 Å². The van der Waals surface area contributed by atoms with Crippen LogP contribution in [0.4, 0.5) is 29.5 Å². The van der Waals surface area contributed by atoms with Crippen LogP contribution in [0.2, 0.25) is 0 Å². The molecule has 2 amide bonds. The maximum absolute atomic E-state index is 14.4. The predicted octanol–water partition coefficient (Wildman–Crippen LogP) is 4.18. The lowest BCUT2D eigenvalue weighted by atomic mass is 10.0. The number of aromatic nitrogens is 1. The number of nitrogens with two attached hydrogens (primary N) is 1. The molecule has 5 nitrogen and oxygen atoms in total. The predicted molar refractivity (Wildman–Crippen MR) is 98.4 cm³/mol. The van der Waals surface area contributed by atoms with Crippen LogP contribution >= 0.6 is 0 Å². The molecular weight excluding hydrogens is 371 g/mol. The molecule has 1 heterocycles. The number of hydrogen-bond acceptors (Lipinski definition) is 3. The first-order valence-corrected chi connectivity index (χ1v) is 8.24. The minimum atomic E-state index is -1.18. The van der Waals surface area contributed by atoms with Crippen molar-refractivity contribution in [3.05, 3.63) is 77.1 Å². The van der Waals surface area contributed by atoms with Gasteiger partial charge in [0.2, 0.25) is 0 Å². The fraction of sp³-hybridized carbons (Fsp3) is 0.100. The Hall–Kier alpha value is -3.39. The number of anilines is 2. The Bertz CT molecular complexity index is 1040. The zero-order valence-corrected chi connectivity index (χ0v) is 14.8. The van der Waals surface area contributed by atoms with Crippen molar-refractivity contribution in [1.29, 1.82) is 0 Å². The Labute approximate surface area is 158 Å². The minimum absolute atomic E-state index is 0.0282. The summed E-state index contributed by atoms with van der Waals surface area (Å²) in [5, 5.41) is 9.58. The molecule has 144 valence electrons. The number of benzene rings is 2. The normalized spacial score (nSPS) is 10.8. The van der Waals surface area contributed by atoms with Crippen molar-refractivity contribution in [2.75, 3.05) is 4.90 Å². The molecule has 0 saturated carbocycles. The van der Waals surface area contributed by atoms with Crippen molar-refractivity contribution in [1.82, 2.24) is 4.98 Å². The highest BCUT2D eigenvalue weighted by Crippen LogP contribution is 2.33. The Morgan fingerprint density at radius 3 is 2.32 bits per heavy atom. The van der Waals surface area contributed by atoms with Crippen LogP contribution in [0.1, 0.15) is 11.1 Å². The number of aliphatic hydroxyl groups excluding tert-OH is 1. The van der Waals surface area contributed by atoms with E-state index in [0.29, 0.717) is 10.5 Å². The van der Waals surface area contributed by atoms with E-state index in [1.165, 1.54) is 24.3 Å². The van der Waals surface area contributed by atoms with Crippen LogP contribution in [0.3, 0.4) is 0 Å². The molecule has 0 atom stereocenters. The van der Waals surface area contributed by atoms with Crippen LogP contribution in [0.5, 0.6) is 0 Å². The van der Waals surface area contributed by atoms with Gasteiger partial charge in [-0.1, -0.05) is 18.2 Å². The van der Waals surface area contributed by atoms with Gasteiger partial charge in [-0.25, -0.2) is 27.8 Å². The summed E-state index contributed by atoms with van der Waals surface area (Å²) >= 11 is 0. The van der Waals surface area contributed by atoms with Gasteiger partial charge in [0.25, 0.3) is 0 Å².